The molecule has 3 heteroatoms. The molecule has 0 saturated carbocycles. The van der Waals surface area contributed by atoms with E-state index in [2.05, 4.69) is 6.92 Å². The number of carboxylic acid groups (broad SMARTS) is 1. The lowest BCUT2D eigenvalue weighted by atomic mass is 9.82. The van der Waals surface area contributed by atoms with Crippen molar-refractivity contribution in [1.29, 1.82) is 0 Å². The Balaban J connectivity index is 4.06. The molecule has 0 spiro atoms. The molecule has 0 aliphatic heterocycles. The van der Waals surface area contributed by atoms with Crippen LogP contribution in [0.1, 0.15) is 46.5 Å². The third kappa shape index (κ3) is 4.06. The van der Waals surface area contributed by atoms with Gasteiger partial charge < -0.3 is 5.11 Å². The zero-order chi connectivity index (χ0) is 10.5. The summed E-state index contributed by atoms with van der Waals surface area (Å²) in [5, 5.41) is 8.52. The highest BCUT2D eigenvalue weighted by Gasteiger charge is 2.31. The number of hydrogen-bond acceptors (Lipinski definition) is 2. The van der Waals surface area contributed by atoms with Crippen LogP contribution in [0, 0.1) is 5.41 Å². The summed E-state index contributed by atoms with van der Waals surface area (Å²) in [7, 11) is 0. The molecule has 0 radical (unpaired) electrons. The Bertz CT molecular complexity index is 194. The first-order valence-electron chi connectivity index (χ1n) is 4.69. The second kappa shape index (κ2) is 5.00. The molecule has 76 valence electrons. The molecule has 0 aromatic heterocycles. The van der Waals surface area contributed by atoms with Crippen LogP contribution < -0.4 is 0 Å². The van der Waals surface area contributed by atoms with Gasteiger partial charge in [-0.3, -0.25) is 4.79 Å². The molecule has 3 nitrogen and oxygen atoms in total. The fourth-order valence-electron chi connectivity index (χ4n) is 1.22. The molecule has 0 aromatic rings. The van der Waals surface area contributed by atoms with Crippen LogP contribution in [-0.4, -0.2) is 16.9 Å². The highest BCUT2D eigenvalue weighted by molar-refractivity contribution is 6.34. The number of ketones is 1. The van der Waals surface area contributed by atoms with Crippen molar-refractivity contribution in [1.82, 2.24) is 0 Å². The monoisotopic (exact) mass is 186 g/mol. The van der Waals surface area contributed by atoms with E-state index in [1.165, 1.54) is 0 Å². The van der Waals surface area contributed by atoms with Crippen molar-refractivity contribution in [2.45, 2.75) is 46.5 Å². The maximum absolute atomic E-state index is 11.2. The molecule has 0 aliphatic rings. The maximum Gasteiger partial charge on any atom is 0.372 e. The first kappa shape index (κ1) is 12.1. The van der Waals surface area contributed by atoms with E-state index < -0.39 is 17.2 Å². The van der Waals surface area contributed by atoms with Gasteiger partial charge in [-0.2, -0.15) is 0 Å². The zero-order valence-electron chi connectivity index (χ0n) is 8.59. The van der Waals surface area contributed by atoms with Gasteiger partial charge in [0.25, 0.3) is 0 Å². The zero-order valence-corrected chi connectivity index (χ0v) is 8.59. The summed E-state index contributed by atoms with van der Waals surface area (Å²) in [5.41, 5.74) is -0.707. The number of carbonyl (C=O) groups is 2. The van der Waals surface area contributed by atoms with Gasteiger partial charge >= 0.3 is 5.97 Å². The van der Waals surface area contributed by atoms with Crippen molar-refractivity contribution in [3.8, 4) is 0 Å². The normalized spacial score (nSPS) is 11.3. The van der Waals surface area contributed by atoms with Gasteiger partial charge in [-0.15, -0.1) is 0 Å². The van der Waals surface area contributed by atoms with Crippen molar-refractivity contribution < 1.29 is 14.7 Å². The Morgan fingerprint density at radius 2 is 1.77 bits per heavy atom. The van der Waals surface area contributed by atoms with Crippen molar-refractivity contribution in [2.75, 3.05) is 0 Å². The van der Waals surface area contributed by atoms with Gasteiger partial charge in [0.1, 0.15) is 0 Å². The second-order valence-electron chi connectivity index (χ2n) is 3.98. The third-order valence-corrected chi connectivity index (χ3v) is 2.21. The smallest absolute Gasteiger partial charge is 0.372 e. The molecule has 0 saturated heterocycles. The summed E-state index contributed by atoms with van der Waals surface area (Å²) in [5.74, 6) is -2.00. The van der Waals surface area contributed by atoms with Crippen LogP contribution in [0.2, 0.25) is 0 Å². The minimum absolute atomic E-state index is 0.659. The van der Waals surface area contributed by atoms with E-state index in [0.717, 1.165) is 19.3 Å². The number of carbonyl (C=O) groups excluding carboxylic acids is 1. The molecule has 1 N–H and O–H groups in total. The summed E-state index contributed by atoms with van der Waals surface area (Å²) >= 11 is 0. The van der Waals surface area contributed by atoms with Gasteiger partial charge in [0, 0.05) is 5.41 Å². The molecular formula is C10H18O3. The Labute approximate surface area is 79.1 Å². The molecule has 0 amide bonds. The highest BCUT2D eigenvalue weighted by Crippen LogP contribution is 2.24. The molecule has 0 aromatic carbocycles. The van der Waals surface area contributed by atoms with E-state index in [4.69, 9.17) is 5.11 Å². The summed E-state index contributed by atoms with van der Waals surface area (Å²) in [4.78, 5) is 21.6. The Kier molecular flexibility index (Phi) is 4.67. The number of aliphatic carboxylic acids is 1. The van der Waals surface area contributed by atoms with Crippen LogP contribution in [0.4, 0.5) is 0 Å². The summed E-state index contributed by atoms with van der Waals surface area (Å²) in [6, 6.07) is 0. The first-order valence-corrected chi connectivity index (χ1v) is 4.69. The number of carboxylic acids is 1. The molecule has 0 rings (SSSR count). The van der Waals surface area contributed by atoms with Crippen LogP contribution in [0.25, 0.3) is 0 Å². The van der Waals surface area contributed by atoms with Crippen LogP contribution in [-0.2, 0) is 9.59 Å². The van der Waals surface area contributed by atoms with Gasteiger partial charge in [-0.05, 0) is 6.42 Å². The van der Waals surface area contributed by atoms with Gasteiger partial charge in [0.2, 0.25) is 5.78 Å². The Hall–Kier alpha value is -0.860. The SMILES string of the molecule is CCCCCC(C)(C)C(=O)C(=O)O. The Morgan fingerprint density at radius 1 is 1.23 bits per heavy atom. The Morgan fingerprint density at radius 3 is 2.15 bits per heavy atom. The van der Waals surface area contributed by atoms with Crippen molar-refractivity contribution in [3.63, 3.8) is 0 Å². The molecule has 13 heavy (non-hydrogen) atoms. The van der Waals surface area contributed by atoms with E-state index in [0.29, 0.717) is 6.42 Å². The van der Waals surface area contributed by atoms with Crippen LogP contribution in [0.15, 0.2) is 0 Å². The van der Waals surface area contributed by atoms with Crippen molar-refractivity contribution in [2.24, 2.45) is 5.41 Å². The van der Waals surface area contributed by atoms with Gasteiger partial charge in [0.05, 0.1) is 0 Å². The lowest BCUT2D eigenvalue weighted by Crippen LogP contribution is -2.31. The number of unbranched alkanes of at least 4 members (excludes halogenated alkanes) is 2. The minimum atomic E-state index is -1.32. The van der Waals surface area contributed by atoms with Crippen LogP contribution >= 0.6 is 0 Å². The summed E-state index contributed by atoms with van der Waals surface area (Å²) < 4.78 is 0. The lowest BCUT2D eigenvalue weighted by molar-refractivity contribution is -0.153. The molecule has 0 bridgehead atoms. The number of Topliss-reactive ketones (excluding diaryl/α,β-unsaturated/α-hetero) is 1. The van der Waals surface area contributed by atoms with Crippen LogP contribution in [0.3, 0.4) is 0 Å². The van der Waals surface area contributed by atoms with Crippen LogP contribution in [0.5, 0.6) is 0 Å². The van der Waals surface area contributed by atoms with E-state index in [9.17, 15) is 9.59 Å². The standard InChI is InChI=1S/C10H18O3/c1-4-5-6-7-10(2,3)8(11)9(12)13/h4-7H2,1-3H3,(H,12,13). The molecule has 0 fully saturated rings. The molecule has 0 aliphatic carbocycles. The fourth-order valence-corrected chi connectivity index (χ4v) is 1.22. The lowest BCUT2D eigenvalue weighted by Gasteiger charge is -2.19. The molecule has 0 heterocycles. The van der Waals surface area contributed by atoms with E-state index >= 15 is 0 Å². The first-order chi connectivity index (χ1) is 5.91. The number of rotatable bonds is 6. The summed E-state index contributed by atoms with van der Waals surface area (Å²) in [6.07, 6.45) is 3.71. The van der Waals surface area contributed by atoms with E-state index in [1.54, 1.807) is 13.8 Å². The van der Waals surface area contributed by atoms with Crippen molar-refractivity contribution >= 4 is 11.8 Å². The minimum Gasteiger partial charge on any atom is -0.475 e. The van der Waals surface area contributed by atoms with E-state index in [-0.39, 0.29) is 0 Å². The topological polar surface area (TPSA) is 54.4 Å². The predicted molar refractivity (Wildman–Crippen MR) is 50.6 cm³/mol. The molecular weight excluding hydrogens is 168 g/mol. The van der Waals surface area contributed by atoms with Crippen molar-refractivity contribution in [3.05, 3.63) is 0 Å². The fraction of sp³-hybridized carbons (Fsp3) is 0.800. The largest absolute Gasteiger partial charge is 0.475 e. The van der Waals surface area contributed by atoms with E-state index in [1.807, 2.05) is 0 Å². The average molecular weight is 186 g/mol. The second-order valence-corrected chi connectivity index (χ2v) is 3.98. The van der Waals surface area contributed by atoms with Gasteiger partial charge in [-0.25, -0.2) is 4.79 Å². The molecule has 0 atom stereocenters. The highest BCUT2D eigenvalue weighted by atomic mass is 16.4. The molecule has 0 unspecified atom stereocenters. The average Bonchev–Trinajstić information content (AvgIpc) is 2.03. The maximum atomic E-state index is 11.2. The van der Waals surface area contributed by atoms with Gasteiger partial charge in [-0.1, -0.05) is 40.0 Å². The quantitative estimate of drug-likeness (QED) is 0.511. The number of hydrogen-bond donors (Lipinski definition) is 1. The van der Waals surface area contributed by atoms with Gasteiger partial charge in [0.15, 0.2) is 0 Å². The third-order valence-electron chi connectivity index (χ3n) is 2.21. The predicted octanol–water partition coefficient (Wildman–Crippen LogP) is 2.25. The summed E-state index contributed by atoms with van der Waals surface area (Å²) in [6.45, 7) is 5.46.